The van der Waals surface area contributed by atoms with E-state index >= 15 is 4.79 Å². The lowest BCUT2D eigenvalue weighted by Crippen LogP contribution is -2.53. The van der Waals surface area contributed by atoms with E-state index in [9.17, 15) is 43.2 Å². The molecule has 7 atom stereocenters. The van der Waals surface area contributed by atoms with Gasteiger partial charge in [-0.05, 0) is 89.7 Å². The average Bonchev–Trinajstić information content (AvgIpc) is 3.66. The van der Waals surface area contributed by atoms with Crippen molar-refractivity contribution in [3.63, 3.8) is 0 Å². The van der Waals surface area contributed by atoms with Crippen molar-refractivity contribution in [3.8, 4) is 0 Å². The van der Waals surface area contributed by atoms with E-state index in [1.165, 1.54) is 18.3 Å². The Hall–Kier alpha value is -6.43. The monoisotopic (exact) mass is 1210 g/mol. The molecule has 474 valence electrons. The number of ketones is 1. The van der Waals surface area contributed by atoms with Crippen LogP contribution in [0.15, 0.2) is 41.8 Å². The third kappa shape index (κ3) is 25.2. The molecule has 85 heavy (non-hydrogen) atoms. The molecule has 0 bridgehead atoms. The summed E-state index contributed by atoms with van der Waals surface area (Å²) in [6, 6.07) is 6.35. The average molecular weight is 1210 g/mol. The van der Waals surface area contributed by atoms with Gasteiger partial charge < -0.3 is 45.1 Å². The topological polar surface area (TPSA) is 278 Å². The zero-order valence-corrected chi connectivity index (χ0v) is 53.1. The van der Waals surface area contributed by atoms with Crippen molar-refractivity contribution in [1.29, 1.82) is 0 Å². The minimum absolute atomic E-state index is 0.0391. The van der Waals surface area contributed by atoms with Crippen molar-refractivity contribution >= 4 is 70.9 Å². The summed E-state index contributed by atoms with van der Waals surface area (Å²) in [5, 5.41) is 13.6. The van der Waals surface area contributed by atoms with Gasteiger partial charge in [0, 0.05) is 108 Å². The number of imide groups is 1. The van der Waals surface area contributed by atoms with Crippen LogP contribution in [0, 0.1) is 30.6 Å². The molecule has 3 rings (SSSR count). The largest absolute Gasteiger partial charge is 0.468 e. The van der Waals surface area contributed by atoms with Crippen LogP contribution in [-0.4, -0.2) is 176 Å². The van der Waals surface area contributed by atoms with Crippen molar-refractivity contribution in [1.82, 2.24) is 41.0 Å². The van der Waals surface area contributed by atoms with Crippen LogP contribution in [0.2, 0.25) is 0 Å². The lowest BCUT2D eigenvalue weighted by Gasteiger charge is -2.40. The Labute approximate surface area is 507 Å². The van der Waals surface area contributed by atoms with Crippen molar-refractivity contribution < 1.29 is 66.9 Å². The molecule has 4 N–H and O–H groups in total. The second-order valence-corrected chi connectivity index (χ2v) is 23.9. The summed E-state index contributed by atoms with van der Waals surface area (Å²) in [7, 11) is 3.29. The van der Waals surface area contributed by atoms with Crippen LogP contribution >= 0.6 is 11.3 Å². The lowest BCUT2D eigenvalue weighted by molar-refractivity contribution is -0.150. The third-order valence-corrected chi connectivity index (χ3v) is 16.4. The highest BCUT2D eigenvalue weighted by molar-refractivity contribution is 7.09. The van der Waals surface area contributed by atoms with Gasteiger partial charge in [0.05, 0.1) is 32.0 Å². The van der Waals surface area contributed by atoms with Crippen LogP contribution in [0.1, 0.15) is 159 Å². The molecular weight excluding hydrogens is 1110 g/mol. The Bertz CT molecular complexity index is 2500. The van der Waals surface area contributed by atoms with Gasteiger partial charge in [-0.2, -0.15) is 0 Å². The van der Waals surface area contributed by atoms with Crippen LogP contribution in [-0.2, 0) is 68.5 Å². The standard InChI is InChI=1S/C62H96N8O14S/c1-13-28-69(51(41(3)4)37-52(84-45(8)72)60-67-50(39-85-60)59(79)65-47(34-43(6)38-83-40-71)35-46-20-18-42(5)19-21-46)61(80)48(44(7)14-2)36-53(73)62(9,10)68(11)29-24-55(75)66-49(58(78)64-27-31-82-33-32-81-12)17-15-16-26-63-54(74)25-30-70-56(76)22-23-57(70)77/h18-23,39-41,43-44,47-49,51-52H,13-17,24-38H2,1-12H3,(H,63,74)(H,64,78)(H,65,79)(H,66,75)/t43?,44?,47-,48+,49?,51-,52-/m1/s1. The minimum atomic E-state index is -1.13. The molecule has 2 aromatic rings. The van der Waals surface area contributed by atoms with Crippen molar-refractivity contribution in [2.24, 2.45) is 23.7 Å². The molecule has 1 aromatic heterocycles. The number of ether oxygens (including phenoxy) is 4. The van der Waals surface area contributed by atoms with Gasteiger partial charge in [-0.3, -0.25) is 57.7 Å². The number of hydrogen-bond donors (Lipinski definition) is 4. The summed E-state index contributed by atoms with van der Waals surface area (Å²) in [5.41, 5.74) is 1.15. The minimum Gasteiger partial charge on any atom is -0.468 e. The third-order valence-electron chi connectivity index (χ3n) is 15.5. The van der Waals surface area contributed by atoms with Gasteiger partial charge in [-0.1, -0.05) is 77.8 Å². The number of likely N-dealkylation sites (N-methyl/N-ethyl adjacent to an activating group) is 1. The number of nitrogens with zero attached hydrogens (tertiary/aromatic N) is 4. The smallest absolute Gasteiger partial charge is 0.303 e. The molecule has 22 nitrogen and oxygen atoms in total. The number of aryl methyl sites for hydroxylation is 1. The summed E-state index contributed by atoms with van der Waals surface area (Å²) in [6.45, 7) is 21.2. The number of Topliss-reactive ketones (excluding diaryl/α,β-unsaturated/α-hetero) is 1. The van der Waals surface area contributed by atoms with Gasteiger partial charge >= 0.3 is 5.97 Å². The van der Waals surface area contributed by atoms with E-state index in [2.05, 4.69) is 21.3 Å². The number of rotatable bonds is 43. The molecule has 23 heteroatoms. The van der Waals surface area contributed by atoms with Crippen LogP contribution in [0.4, 0.5) is 0 Å². The highest BCUT2D eigenvalue weighted by atomic mass is 32.1. The number of esters is 1. The van der Waals surface area contributed by atoms with Gasteiger partial charge in [-0.25, -0.2) is 4.98 Å². The van der Waals surface area contributed by atoms with Crippen LogP contribution in [0.5, 0.6) is 0 Å². The van der Waals surface area contributed by atoms with Crippen molar-refractivity contribution in [3.05, 3.63) is 63.6 Å². The number of thiazole rings is 1. The Morgan fingerprint density at radius 1 is 0.859 bits per heavy atom. The van der Waals surface area contributed by atoms with Crippen LogP contribution < -0.4 is 21.3 Å². The molecule has 2 heterocycles. The molecule has 0 saturated carbocycles. The molecule has 7 amide bonds. The molecule has 0 aliphatic carbocycles. The van der Waals surface area contributed by atoms with E-state index in [1.54, 1.807) is 38.3 Å². The SMILES string of the molecule is CCCN(C(=O)[C@@H](CC(=O)C(C)(C)N(C)CCC(=O)NC(CCCCNC(=O)CCN1C(=O)C=CC1=O)C(=O)NCCOCCOC)C(C)CC)[C@H](C[C@@H](OC(C)=O)c1nc(C(=O)N[C@@H](Cc2ccc(C)cc2)CC(C)COC=O)cs1)C(C)C. The fourth-order valence-electron chi connectivity index (χ4n) is 9.86. The first kappa shape index (κ1) is 72.8. The summed E-state index contributed by atoms with van der Waals surface area (Å²) < 4.78 is 21.5. The quantitative estimate of drug-likeness (QED) is 0.0263. The first-order valence-electron chi connectivity index (χ1n) is 29.9. The highest BCUT2D eigenvalue weighted by Gasteiger charge is 2.41. The number of nitrogens with one attached hydrogen (secondary N) is 4. The number of carbonyl (C=O) groups excluding carboxylic acids is 10. The maximum atomic E-state index is 15.2. The van der Waals surface area contributed by atoms with E-state index in [-0.39, 0.29) is 119 Å². The molecule has 1 aromatic carbocycles. The Balaban J connectivity index is 1.74. The Morgan fingerprint density at radius 3 is 2.18 bits per heavy atom. The maximum Gasteiger partial charge on any atom is 0.303 e. The summed E-state index contributed by atoms with van der Waals surface area (Å²) in [5.74, 6) is -4.57. The molecule has 1 aliphatic heterocycles. The predicted molar refractivity (Wildman–Crippen MR) is 323 cm³/mol. The molecule has 0 saturated heterocycles. The molecule has 3 unspecified atom stereocenters. The second kappa shape index (κ2) is 37.9. The van der Waals surface area contributed by atoms with Gasteiger partial charge in [0.1, 0.15) is 16.7 Å². The molecule has 0 spiro atoms. The molecule has 1 aliphatic rings. The normalized spacial score (nSPS) is 14.9. The number of hydrogen-bond acceptors (Lipinski definition) is 17. The van der Waals surface area contributed by atoms with Crippen LogP contribution in [0.25, 0.3) is 0 Å². The molecule has 0 radical (unpaired) electrons. The maximum absolute atomic E-state index is 15.2. The number of methoxy groups -OCH3 is 1. The van der Waals surface area contributed by atoms with Gasteiger partial charge in [0.25, 0.3) is 24.2 Å². The summed E-state index contributed by atoms with van der Waals surface area (Å²) in [6.07, 6.45) is 4.86. The van der Waals surface area contributed by atoms with Crippen molar-refractivity contribution in [2.45, 2.75) is 170 Å². The van der Waals surface area contributed by atoms with Gasteiger partial charge in [-0.15, -0.1) is 11.3 Å². The predicted octanol–water partition coefficient (Wildman–Crippen LogP) is 5.84. The fraction of sp³-hybridized carbons (Fsp3) is 0.661. The zero-order chi connectivity index (χ0) is 63.2. The Morgan fingerprint density at radius 2 is 1.55 bits per heavy atom. The van der Waals surface area contributed by atoms with E-state index in [1.807, 2.05) is 77.6 Å². The highest BCUT2D eigenvalue weighted by Crippen LogP contribution is 2.34. The first-order chi connectivity index (χ1) is 40.4. The van der Waals surface area contributed by atoms with E-state index in [0.717, 1.165) is 28.2 Å². The zero-order valence-electron chi connectivity index (χ0n) is 52.3. The Kier molecular flexibility index (Phi) is 32.5. The number of amides is 7. The van der Waals surface area contributed by atoms with E-state index < -0.39 is 65.1 Å². The first-order valence-corrected chi connectivity index (χ1v) is 30.8. The number of unbranched alkanes of at least 4 members (excludes halogenated alkanes) is 1. The molecule has 0 fully saturated rings. The molecular formula is C62H96N8O14S. The number of carbonyl (C=O) groups is 10. The number of benzene rings is 1. The number of aromatic nitrogens is 1. The van der Waals surface area contributed by atoms with Crippen LogP contribution in [0.3, 0.4) is 0 Å². The lowest BCUT2D eigenvalue weighted by atomic mass is 9.81. The van der Waals surface area contributed by atoms with Gasteiger partial charge in [0.2, 0.25) is 23.6 Å². The fourth-order valence-corrected chi connectivity index (χ4v) is 10.7. The summed E-state index contributed by atoms with van der Waals surface area (Å²) in [4.78, 5) is 140. The van der Waals surface area contributed by atoms with Gasteiger partial charge in [0.15, 0.2) is 11.9 Å². The van der Waals surface area contributed by atoms with E-state index in [4.69, 9.17) is 23.9 Å². The van der Waals surface area contributed by atoms with E-state index in [0.29, 0.717) is 69.8 Å². The second-order valence-electron chi connectivity index (χ2n) is 23.0. The summed E-state index contributed by atoms with van der Waals surface area (Å²) >= 11 is 1.19. The van der Waals surface area contributed by atoms with Crippen molar-refractivity contribution in [2.75, 3.05) is 73.3 Å².